The molecule has 245 valence electrons. The first-order valence-corrected chi connectivity index (χ1v) is 23.8. The van der Waals surface area contributed by atoms with Crippen LogP contribution in [-0.2, 0) is 32.9 Å². The molecule has 4 aromatic heterocycles. The molecule has 6 aromatic rings. The van der Waals surface area contributed by atoms with E-state index in [1.165, 1.54) is 37.4 Å². The summed E-state index contributed by atoms with van der Waals surface area (Å²) >= 11 is -1.86. The topological polar surface area (TPSA) is 51.8 Å². The molecule has 0 amide bonds. The molecule has 4 nitrogen and oxygen atoms in total. The van der Waals surface area contributed by atoms with Crippen molar-refractivity contribution in [2.24, 2.45) is 11.8 Å². The minimum Gasteiger partial charge on any atom is -0.486 e. The summed E-state index contributed by atoms with van der Waals surface area (Å²) < 4.78 is 21.5. The standard InChI is InChI=1S/C22H18FN2O.C18H24GeN.Ir/c23-19-13-25-20(12-16(19)10-14-4-1-2-5-14)15-7-8-21-18(11-15)17-6-3-9-24-22(17)26-21;1-14(2)11-16-12-18(15-9-7-6-8-10-15)20-13-17(16)19(3,4)5;/h3,6,8-9,11-14H,1-2,4-5,10H2;6-9,12-14H,11H2,1-5H3;/q2*-1;. The van der Waals surface area contributed by atoms with E-state index in [1.54, 1.807) is 10.6 Å². The van der Waals surface area contributed by atoms with Crippen molar-refractivity contribution >= 4 is 39.7 Å². The number of nitrogens with zero attached hydrogens (tertiary/aromatic N) is 3. The third-order valence-corrected chi connectivity index (χ3v) is 13.1. The molecule has 7 rings (SSSR count). The Kier molecular flexibility index (Phi) is 11.5. The van der Waals surface area contributed by atoms with E-state index >= 15 is 0 Å². The summed E-state index contributed by atoms with van der Waals surface area (Å²) in [7, 11) is 0. The summed E-state index contributed by atoms with van der Waals surface area (Å²) in [5.74, 6) is 8.38. The molecule has 1 radical (unpaired) electrons. The zero-order valence-electron chi connectivity index (χ0n) is 27.9. The van der Waals surface area contributed by atoms with Crippen LogP contribution in [-0.4, -0.2) is 28.2 Å². The Balaban J connectivity index is 0.000000188. The maximum Gasteiger partial charge on any atom is 0.216 e. The molecule has 1 fully saturated rings. The average molecular weight is 865 g/mol. The molecule has 0 N–H and O–H groups in total. The SMILES string of the molecule is CC(C)Cc1cc(-c2[c-]cccc2)nc[c]1[Ge]([CH3])([CH3])[CH3].Fc1cnc(-c2[c-]cc3oc4ncccc4c3c2)cc1CC1CCCC1.[Ir]. The van der Waals surface area contributed by atoms with Crippen LogP contribution in [0.3, 0.4) is 0 Å². The summed E-state index contributed by atoms with van der Waals surface area (Å²) in [5, 5.41) is 1.94. The maximum absolute atomic E-state index is 14.3. The quantitative estimate of drug-likeness (QED) is 0.119. The minimum atomic E-state index is -1.86. The zero-order chi connectivity index (χ0) is 32.3. The van der Waals surface area contributed by atoms with E-state index in [4.69, 9.17) is 9.40 Å². The monoisotopic (exact) mass is 866 g/mol. The van der Waals surface area contributed by atoms with Gasteiger partial charge in [0.1, 0.15) is 5.82 Å². The zero-order valence-corrected chi connectivity index (χ0v) is 32.4. The molecule has 1 aliphatic carbocycles. The predicted molar refractivity (Wildman–Crippen MR) is 189 cm³/mol. The molecule has 0 saturated heterocycles. The van der Waals surface area contributed by atoms with Crippen LogP contribution in [0.5, 0.6) is 0 Å². The van der Waals surface area contributed by atoms with E-state index in [0.29, 0.717) is 17.5 Å². The van der Waals surface area contributed by atoms with Crippen molar-refractivity contribution in [1.29, 1.82) is 0 Å². The van der Waals surface area contributed by atoms with Crippen LogP contribution in [0.1, 0.15) is 50.7 Å². The number of benzene rings is 2. The van der Waals surface area contributed by atoms with E-state index in [1.807, 2.05) is 48.5 Å². The number of furan rings is 1. The number of halogens is 1. The van der Waals surface area contributed by atoms with Gasteiger partial charge in [-0.3, -0.25) is 0 Å². The first-order chi connectivity index (χ1) is 22.2. The van der Waals surface area contributed by atoms with Gasteiger partial charge in [-0.05, 0) is 35.7 Å². The van der Waals surface area contributed by atoms with Gasteiger partial charge in [0.05, 0.1) is 11.8 Å². The maximum atomic E-state index is 14.3. The van der Waals surface area contributed by atoms with Gasteiger partial charge in [0.25, 0.3) is 0 Å². The smallest absolute Gasteiger partial charge is 0.216 e. The predicted octanol–water partition coefficient (Wildman–Crippen LogP) is 10.0. The van der Waals surface area contributed by atoms with Gasteiger partial charge in [0, 0.05) is 31.7 Å². The normalized spacial score (nSPS) is 13.5. The van der Waals surface area contributed by atoms with Crippen LogP contribution in [0.15, 0.2) is 83.7 Å². The van der Waals surface area contributed by atoms with Crippen LogP contribution < -0.4 is 4.40 Å². The van der Waals surface area contributed by atoms with Crippen LogP contribution in [0.2, 0.25) is 17.3 Å². The largest absolute Gasteiger partial charge is 0.486 e. The Labute approximate surface area is 294 Å². The number of hydrogen-bond donors (Lipinski definition) is 0. The second-order valence-electron chi connectivity index (χ2n) is 13.9. The molecule has 7 heteroatoms. The van der Waals surface area contributed by atoms with E-state index in [9.17, 15) is 4.39 Å². The Morgan fingerprint density at radius 3 is 2.34 bits per heavy atom. The van der Waals surface area contributed by atoms with Gasteiger partial charge in [-0.25, -0.2) is 9.37 Å². The van der Waals surface area contributed by atoms with Gasteiger partial charge in [-0.15, -0.1) is 23.8 Å². The van der Waals surface area contributed by atoms with Gasteiger partial charge in [-0.1, -0.05) is 37.1 Å². The average Bonchev–Trinajstić information content (AvgIpc) is 3.69. The molecule has 1 saturated carbocycles. The molecule has 0 unspecified atom stereocenters. The number of fused-ring (bicyclic) bond motifs is 3. The van der Waals surface area contributed by atoms with Crippen molar-refractivity contribution in [2.45, 2.75) is 69.6 Å². The van der Waals surface area contributed by atoms with E-state index in [-0.39, 0.29) is 25.9 Å². The molecular formula is C40H42FGeIrN3O-2. The molecule has 1 aliphatic rings. The molecule has 4 heterocycles. The van der Waals surface area contributed by atoms with Gasteiger partial charge in [-0.2, -0.15) is 0 Å². The summed E-state index contributed by atoms with van der Waals surface area (Å²) in [4.78, 5) is 13.3. The van der Waals surface area contributed by atoms with Crippen LogP contribution >= 0.6 is 0 Å². The first-order valence-electron chi connectivity index (χ1n) is 16.5. The molecule has 2 aromatic carbocycles. The number of pyridine rings is 3. The fourth-order valence-electron chi connectivity index (χ4n) is 6.49. The third-order valence-electron chi connectivity index (χ3n) is 8.79. The second kappa shape index (κ2) is 15.4. The first kappa shape index (κ1) is 35.1. The summed E-state index contributed by atoms with van der Waals surface area (Å²) in [6.45, 7) is 4.57. The number of aromatic nitrogens is 3. The van der Waals surface area contributed by atoms with Gasteiger partial charge in [0.2, 0.25) is 5.71 Å². The Morgan fingerprint density at radius 1 is 0.872 bits per heavy atom. The summed E-state index contributed by atoms with van der Waals surface area (Å²) in [6.07, 6.45) is 12.0. The molecule has 0 aliphatic heterocycles. The van der Waals surface area contributed by atoms with Crippen molar-refractivity contribution in [3.8, 4) is 22.5 Å². The third kappa shape index (κ3) is 8.46. The fourth-order valence-corrected chi connectivity index (χ4v) is 9.83. The van der Waals surface area contributed by atoms with Crippen LogP contribution in [0.4, 0.5) is 4.39 Å². The van der Waals surface area contributed by atoms with E-state index in [0.717, 1.165) is 57.3 Å². The molecule has 0 spiro atoms. The van der Waals surface area contributed by atoms with E-state index < -0.39 is 13.3 Å². The number of hydrogen-bond acceptors (Lipinski definition) is 4. The van der Waals surface area contributed by atoms with Crippen molar-refractivity contribution < 1.29 is 28.9 Å². The number of rotatable bonds is 7. The molecule has 47 heavy (non-hydrogen) atoms. The minimum absolute atomic E-state index is 0. The summed E-state index contributed by atoms with van der Waals surface area (Å²) in [5.41, 5.74) is 7.35. The van der Waals surface area contributed by atoms with Gasteiger partial charge in [0.15, 0.2) is 0 Å². The van der Waals surface area contributed by atoms with Gasteiger partial charge < -0.3 is 9.40 Å². The van der Waals surface area contributed by atoms with Crippen molar-refractivity contribution in [1.82, 2.24) is 15.0 Å². The van der Waals surface area contributed by atoms with Crippen molar-refractivity contribution in [2.75, 3.05) is 0 Å². The van der Waals surface area contributed by atoms with Crippen LogP contribution in [0.25, 0.3) is 44.6 Å². The summed E-state index contributed by atoms with van der Waals surface area (Å²) in [6, 6.07) is 26.4. The van der Waals surface area contributed by atoms with Crippen LogP contribution in [0, 0.1) is 29.8 Å². The molecular weight excluding hydrogens is 822 g/mol. The van der Waals surface area contributed by atoms with Crippen molar-refractivity contribution in [3.63, 3.8) is 0 Å². The van der Waals surface area contributed by atoms with E-state index in [2.05, 4.69) is 71.5 Å². The second-order valence-corrected chi connectivity index (χ2v) is 24.5. The fraction of sp³-hybridized carbons (Fsp3) is 0.325. The Hall–Kier alpha value is -3.19. The molecule has 0 atom stereocenters. The van der Waals surface area contributed by atoms with Gasteiger partial charge >= 0.3 is 126 Å². The Bertz CT molecular complexity index is 1950. The Morgan fingerprint density at radius 2 is 1.62 bits per heavy atom. The molecule has 0 bridgehead atoms. The van der Waals surface area contributed by atoms with Crippen molar-refractivity contribution in [3.05, 3.63) is 108 Å².